The number of esters is 1. The highest BCUT2D eigenvalue weighted by molar-refractivity contribution is 6.00. The van der Waals surface area contributed by atoms with Crippen molar-refractivity contribution >= 4 is 17.4 Å². The van der Waals surface area contributed by atoms with Gasteiger partial charge in [-0.05, 0) is 44.5 Å². The Bertz CT molecular complexity index is 941. The van der Waals surface area contributed by atoms with E-state index >= 15 is 0 Å². The Labute approximate surface area is 139 Å². The summed E-state index contributed by atoms with van der Waals surface area (Å²) in [6.07, 6.45) is 1.62. The van der Waals surface area contributed by atoms with Crippen molar-refractivity contribution in [1.29, 1.82) is 0 Å². The van der Waals surface area contributed by atoms with E-state index in [1.807, 2.05) is 55.5 Å². The zero-order valence-corrected chi connectivity index (χ0v) is 13.9. The summed E-state index contributed by atoms with van der Waals surface area (Å²) in [6.45, 7) is 5.41. The number of fused-ring (bicyclic) bond motifs is 1. The zero-order valence-electron chi connectivity index (χ0n) is 13.9. The average molecular weight is 322 g/mol. The molecule has 5 nitrogen and oxygen atoms in total. The van der Waals surface area contributed by atoms with Gasteiger partial charge in [0.05, 0.1) is 0 Å². The van der Waals surface area contributed by atoms with Crippen LogP contribution in [-0.4, -0.2) is 27.7 Å². The number of ether oxygens (including phenoxy) is 1. The molecular formula is C19H18N2O3. The van der Waals surface area contributed by atoms with E-state index in [9.17, 15) is 9.59 Å². The summed E-state index contributed by atoms with van der Waals surface area (Å²) in [6, 6.07) is 11.2. The van der Waals surface area contributed by atoms with E-state index in [0.29, 0.717) is 11.2 Å². The summed E-state index contributed by atoms with van der Waals surface area (Å²) in [5.41, 5.74) is 4.26. The van der Waals surface area contributed by atoms with Crippen LogP contribution in [-0.2, 0) is 4.74 Å². The first-order valence-electron chi connectivity index (χ1n) is 7.68. The minimum atomic E-state index is -0.600. The Hall–Kier alpha value is -2.95. The quantitative estimate of drug-likeness (QED) is 0.546. The molecule has 0 saturated carbocycles. The lowest BCUT2D eigenvalue weighted by Crippen LogP contribution is -2.15. The van der Waals surface area contributed by atoms with E-state index in [1.165, 1.54) is 0 Å². The maximum Gasteiger partial charge on any atom is 0.359 e. The van der Waals surface area contributed by atoms with Crippen LogP contribution in [0.1, 0.15) is 37.7 Å². The third-order valence-electron chi connectivity index (χ3n) is 3.93. The smallest absolute Gasteiger partial charge is 0.359 e. The van der Waals surface area contributed by atoms with Crippen LogP contribution in [0.3, 0.4) is 0 Å². The Balaban J connectivity index is 1.73. The van der Waals surface area contributed by atoms with Crippen molar-refractivity contribution in [2.45, 2.75) is 20.8 Å². The van der Waals surface area contributed by atoms with Crippen LogP contribution >= 0.6 is 0 Å². The van der Waals surface area contributed by atoms with Gasteiger partial charge in [-0.3, -0.25) is 4.79 Å². The van der Waals surface area contributed by atoms with E-state index in [4.69, 9.17) is 4.74 Å². The molecule has 5 heteroatoms. The molecule has 0 unspecified atom stereocenters. The molecule has 0 aliphatic heterocycles. The molecule has 0 aliphatic rings. The molecular weight excluding hydrogens is 304 g/mol. The third kappa shape index (κ3) is 3.06. The Morgan fingerprint density at radius 1 is 1.12 bits per heavy atom. The summed E-state index contributed by atoms with van der Waals surface area (Å²) in [5.74, 6) is -0.818. The minimum absolute atomic E-state index is 0.193. The molecule has 0 bridgehead atoms. The number of carbonyl (C=O) groups excluding carboxylic acids is 2. The van der Waals surface area contributed by atoms with Gasteiger partial charge in [-0.1, -0.05) is 23.8 Å². The van der Waals surface area contributed by atoms with E-state index < -0.39 is 5.97 Å². The van der Waals surface area contributed by atoms with E-state index in [1.54, 1.807) is 12.3 Å². The van der Waals surface area contributed by atoms with E-state index in [-0.39, 0.29) is 18.1 Å². The van der Waals surface area contributed by atoms with Crippen molar-refractivity contribution in [3.05, 3.63) is 70.7 Å². The maximum atomic E-state index is 12.3. The second-order valence-electron chi connectivity index (χ2n) is 5.84. The molecule has 0 radical (unpaired) electrons. The standard InChI is InChI=1S/C19H18N2O3/c1-12-7-8-13(2)15(9-12)17(22)11-24-19(23)16-10-21-14(3)5-4-6-18(21)20-16/h4-10H,11H2,1-3H3. The second-order valence-corrected chi connectivity index (χ2v) is 5.84. The van der Waals surface area contributed by atoms with E-state index in [0.717, 1.165) is 16.8 Å². The molecule has 24 heavy (non-hydrogen) atoms. The second kappa shape index (κ2) is 6.28. The molecule has 0 saturated heterocycles. The molecule has 2 aromatic heterocycles. The van der Waals surface area contributed by atoms with Crippen molar-refractivity contribution in [3.63, 3.8) is 0 Å². The van der Waals surface area contributed by atoms with Gasteiger partial charge in [-0.15, -0.1) is 0 Å². The van der Waals surface area contributed by atoms with Crippen LogP contribution in [0.4, 0.5) is 0 Å². The number of benzene rings is 1. The number of ketones is 1. The normalized spacial score (nSPS) is 10.8. The van der Waals surface area contributed by atoms with Gasteiger partial charge in [0.1, 0.15) is 5.65 Å². The van der Waals surface area contributed by atoms with Crippen molar-refractivity contribution in [2.75, 3.05) is 6.61 Å². The highest BCUT2D eigenvalue weighted by atomic mass is 16.5. The molecule has 3 aromatic rings. The van der Waals surface area contributed by atoms with Gasteiger partial charge >= 0.3 is 5.97 Å². The lowest BCUT2D eigenvalue weighted by atomic mass is 10.0. The summed E-state index contributed by atoms with van der Waals surface area (Å²) in [5, 5.41) is 0. The van der Waals surface area contributed by atoms with Gasteiger partial charge < -0.3 is 9.14 Å². The fourth-order valence-electron chi connectivity index (χ4n) is 2.57. The first-order valence-corrected chi connectivity index (χ1v) is 7.68. The molecule has 0 spiro atoms. The predicted molar refractivity (Wildman–Crippen MR) is 90.5 cm³/mol. The van der Waals surface area contributed by atoms with Crippen LogP contribution in [0.2, 0.25) is 0 Å². The maximum absolute atomic E-state index is 12.3. The topological polar surface area (TPSA) is 60.7 Å². The van der Waals surface area contributed by atoms with Crippen LogP contribution < -0.4 is 0 Å². The molecule has 0 fully saturated rings. The molecule has 1 aromatic carbocycles. The zero-order chi connectivity index (χ0) is 17.3. The lowest BCUT2D eigenvalue weighted by molar-refractivity contribution is 0.0469. The monoisotopic (exact) mass is 322 g/mol. The average Bonchev–Trinajstić information content (AvgIpc) is 3.00. The van der Waals surface area contributed by atoms with Gasteiger partial charge in [-0.2, -0.15) is 0 Å². The number of carbonyl (C=O) groups is 2. The number of hydrogen-bond acceptors (Lipinski definition) is 4. The highest BCUT2D eigenvalue weighted by Gasteiger charge is 2.16. The first-order chi connectivity index (χ1) is 11.5. The van der Waals surface area contributed by atoms with Crippen LogP contribution in [0, 0.1) is 20.8 Å². The molecule has 0 amide bonds. The van der Waals surface area contributed by atoms with Crippen molar-refractivity contribution in [2.24, 2.45) is 0 Å². The SMILES string of the molecule is Cc1ccc(C)c(C(=O)COC(=O)c2cn3c(C)cccc3n2)c1. The number of hydrogen-bond donors (Lipinski definition) is 0. The molecule has 122 valence electrons. The summed E-state index contributed by atoms with van der Waals surface area (Å²) in [4.78, 5) is 28.7. The third-order valence-corrected chi connectivity index (χ3v) is 3.93. The van der Waals surface area contributed by atoms with Gasteiger partial charge in [0, 0.05) is 17.5 Å². The molecule has 0 aliphatic carbocycles. The first kappa shape index (κ1) is 15.9. The van der Waals surface area contributed by atoms with Crippen molar-refractivity contribution in [3.8, 4) is 0 Å². The van der Waals surface area contributed by atoms with Crippen LogP contribution in [0.5, 0.6) is 0 Å². The summed E-state index contributed by atoms with van der Waals surface area (Å²) in [7, 11) is 0. The highest BCUT2D eigenvalue weighted by Crippen LogP contribution is 2.13. The number of aryl methyl sites for hydroxylation is 3. The number of aromatic nitrogens is 2. The number of nitrogens with zero attached hydrogens (tertiary/aromatic N) is 2. The van der Waals surface area contributed by atoms with Gasteiger partial charge in [0.15, 0.2) is 12.3 Å². The molecule has 0 atom stereocenters. The Morgan fingerprint density at radius 2 is 1.92 bits per heavy atom. The summed E-state index contributed by atoms with van der Waals surface area (Å²) < 4.78 is 6.95. The van der Waals surface area contributed by atoms with Crippen molar-refractivity contribution in [1.82, 2.24) is 9.38 Å². The largest absolute Gasteiger partial charge is 0.453 e. The number of pyridine rings is 1. The lowest BCUT2D eigenvalue weighted by Gasteiger charge is -2.06. The molecule has 3 rings (SSSR count). The number of imidazole rings is 1. The Morgan fingerprint density at radius 3 is 2.67 bits per heavy atom. The molecule has 2 heterocycles. The van der Waals surface area contributed by atoms with Gasteiger partial charge in [-0.25, -0.2) is 9.78 Å². The summed E-state index contributed by atoms with van der Waals surface area (Å²) >= 11 is 0. The van der Waals surface area contributed by atoms with Crippen LogP contribution in [0.25, 0.3) is 5.65 Å². The van der Waals surface area contributed by atoms with Gasteiger partial charge in [0.25, 0.3) is 0 Å². The fraction of sp³-hybridized carbons (Fsp3) is 0.211. The Kier molecular flexibility index (Phi) is 4.16. The predicted octanol–water partition coefficient (Wildman–Crippen LogP) is 3.30. The minimum Gasteiger partial charge on any atom is -0.453 e. The molecule has 0 N–H and O–H groups in total. The number of Topliss-reactive ketones (excluding diaryl/α,β-unsaturated/α-hetero) is 1. The number of rotatable bonds is 4. The van der Waals surface area contributed by atoms with Crippen molar-refractivity contribution < 1.29 is 14.3 Å². The van der Waals surface area contributed by atoms with E-state index in [2.05, 4.69) is 4.98 Å². The van der Waals surface area contributed by atoms with Gasteiger partial charge in [0.2, 0.25) is 5.78 Å². The fourth-order valence-corrected chi connectivity index (χ4v) is 2.57. The van der Waals surface area contributed by atoms with Crippen LogP contribution in [0.15, 0.2) is 42.6 Å².